The fraction of sp³-hybridized carbons (Fsp3) is 0.500. The van der Waals surface area contributed by atoms with E-state index in [0.717, 1.165) is 4.44 Å². The molecule has 0 aliphatic rings. The Morgan fingerprint density at radius 2 is 2.60 bits per heavy atom. The molecule has 0 bridgehead atoms. The normalized spacial score (nSPS) is 6.40. The fourth-order valence-corrected chi connectivity index (χ4v) is 0.685. The molecule has 0 aliphatic carbocycles. The third-order valence-electron chi connectivity index (χ3n) is 0.279. The van der Waals surface area contributed by atoms with E-state index in [1.165, 1.54) is 0 Å². The van der Waals surface area contributed by atoms with Gasteiger partial charge in [0.15, 0.2) is 0 Å². The number of terminal acetylenes is 1. The van der Waals surface area contributed by atoms with Crippen LogP contribution < -0.4 is 0 Å². The summed E-state index contributed by atoms with van der Waals surface area (Å²) in [6.45, 7) is 0. The molecule has 2 radical (unpaired) electrons. The molecule has 0 spiro atoms. The molecule has 1 heteroatoms. The molecule has 0 aromatic heterocycles. The summed E-state index contributed by atoms with van der Waals surface area (Å²) in [5.74, 6) is 2.59. The predicted molar refractivity (Wildman–Crippen MR) is 25.3 cm³/mol. The Hall–Kier alpha value is 0.359. The molecular formula is C4H6Sn. The van der Waals surface area contributed by atoms with Crippen LogP contribution in [0.5, 0.6) is 0 Å². The van der Waals surface area contributed by atoms with Gasteiger partial charge in [0.1, 0.15) is 0 Å². The average molecular weight is 173 g/mol. The van der Waals surface area contributed by atoms with Gasteiger partial charge in [-0.05, 0) is 0 Å². The maximum atomic E-state index is 4.93. The second-order valence-electron chi connectivity index (χ2n) is 0.734. The first-order valence-electron chi connectivity index (χ1n) is 1.50. The SMILES string of the molecule is C#C[CH2][Sn][CH3]. The van der Waals surface area contributed by atoms with E-state index in [1.54, 1.807) is 0 Å². The van der Waals surface area contributed by atoms with E-state index in [2.05, 4.69) is 10.9 Å². The van der Waals surface area contributed by atoms with Gasteiger partial charge in [-0.3, -0.25) is 0 Å². The van der Waals surface area contributed by atoms with Crippen molar-refractivity contribution in [1.29, 1.82) is 0 Å². The molecule has 0 aromatic rings. The average Bonchev–Trinajstić information content (AvgIpc) is 1.41. The molecule has 0 fully saturated rings. The molecule has 5 heavy (non-hydrogen) atoms. The molecule has 0 saturated carbocycles. The quantitative estimate of drug-likeness (QED) is 0.406. The van der Waals surface area contributed by atoms with Gasteiger partial charge in [0.05, 0.1) is 0 Å². The van der Waals surface area contributed by atoms with Gasteiger partial charge in [0.2, 0.25) is 0 Å². The maximum absolute atomic E-state index is 4.93. The van der Waals surface area contributed by atoms with E-state index in [0.29, 0.717) is 0 Å². The molecule has 0 amide bonds. The summed E-state index contributed by atoms with van der Waals surface area (Å²) in [6, 6.07) is 0. The molecule has 0 aromatic carbocycles. The van der Waals surface area contributed by atoms with E-state index in [-0.39, 0.29) is 21.1 Å². The zero-order valence-electron chi connectivity index (χ0n) is 3.28. The van der Waals surface area contributed by atoms with Gasteiger partial charge < -0.3 is 0 Å². The number of rotatable bonds is 1. The summed E-state index contributed by atoms with van der Waals surface area (Å²) in [4.78, 5) is 2.24. The van der Waals surface area contributed by atoms with Crippen molar-refractivity contribution >= 4 is 21.1 Å². The van der Waals surface area contributed by atoms with Crippen LogP contribution in [0.3, 0.4) is 0 Å². The standard InChI is InChI=1S/C3H3.CH3.Sn/c1-3-2;;/h1H,2H2;1H3;. The molecular weight excluding hydrogens is 167 g/mol. The molecule has 0 unspecified atom stereocenters. The molecule has 0 saturated heterocycles. The Bertz CT molecular complexity index is 42.1. The topological polar surface area (TPSA) is 0 Å². The Kier molecular flexibility index (Phi) is 4.67. The molecule has 26 valence electrons. The van der Waals surface area contributed by atoms with E-state index < -0.39 is 0 Å². The van der Waals surface area contributed by atoms with Crippen LogP contribution in [-0.2, 0) is 0 Å². The van der Waals surface area contributed by atoms with Gasteiger partial charge in [-0.1, -0.05) is 0 Å². The Morgan fingerprint density at radius 1 is 2.00 bits per heavy atom. The van der Waals surface area contributed by atoms with Crippen LogP contribution in [0.25, 0.3) is 0 Å². The van der Waals surface area contributed by atoms with E-state index in [1.807, 2.05) is 0 Å². The summed E-state index contributed by atoms with van der Waals surface area (Å²) in [7, 11) is 0. The first-order chi connectivity index (χ1) is 2.41. The van der Waals surface area contributed by atoms with Gasteiger partial charge in [-0.15, -0.1) is 0 Å². The van der Waals surface area contributed by atoms with E-state index in [4.69, 9.17) is 6.42 Å². The van der Waals surface area contributed by atoms with Crippen molar-refractivity contribution in [3.63, 3.8) is 0 Å². The third kappa shape index (κ3) is 4.36. The molecule has 0 nitrogen and oxygen atoms in total. The fourth-order valence-electron chi connectivity index (χ4n) is 0.102. The van der Waals surface area contributed by atoms with Crippen molar-refractivity contribution in [3.8, 4) is 12.3 Å². The minimum absolute atomic E-state index is 0.0304. The second kappa shape index (κ2) is 4.36. The number of hydrogen-bond donors (Lipinski definition) is 0. The van der Waals surface area contributed by atoms with Gasteiger partial charge in [0.25, 0.3) is 0 Å². The minimum atomic E-state index is -0.0304. The van der Waals surface area contributed by atoms with Crippen LogP contribution in [0.2, 0.25) is 9.38 Å². The van der Waals surface area contributed by atoms with Crippen molar-refractivity contribution in [3.05, 3.63) is 0 Å². The molecule has 0 N–H and O–H groups in total. The Labute approximate surface area is 43.2 Å². The summed E-state index contributed by atoms with van der Waals surface area (Å²) < 4.78 is 1.09. The molecule has 0 aliphatic heterocycles. The number of hydrogen-bond acceptors (Lipinski definition) is 0. The van der Waals surface area contributed by atoms with Crippen LogP contribution in [0.4, 0.5) is 0 Å². The predicted octanol–water partition coefficient (Wildman–Crippen LogP) is 0.790. The summed E-state index contributed by atoms with van der Waals surface area (Å²) in [5, 5.41) is 0. The zero-order chi connectivity index (χ0) is 4.12. The third-order valence-corrected chi connectivity index (χ3v) is 1.87. The zero-order valence-corrected chi connectivity index (χ0v) is 6.14. The van der Waals surface area contributed by atoms with Gasteiger partial charge in [-0.25, -0.2) is 0 Å². The molecule has 0 rings (SSSR count). The van der Waals surface area contributed by atoms with Crippen LogP contribution >= 0.6 is 0 Å². The Balaban J connectivity index is 2.48. The van der Waals surface area contributed by atoms with Crippen LogP contribution in [0.1, 0.15) is 0 Å². The van der Waals surface area contributed by atoms with Gasteiger partial charge in [-0.2, -0.15) is 0 Å². The van der Waals surface area contributed by atoms with Gasteiger partial charge >= 0.3 is 42.9 Å². The van der Waals surface area contributed by atoms with Crippen LogP contribution in [0, 0.1) is 12.3 Å². The van der Waals surface area contributed by atoms with Gasteiger partial charge in [0, 0.05) is 0 Å². The first kappa shape index (κ1) is 5.36. The first-order valence-corrected chi connectivity index (χ1v) is 6.37. The summed E-state index contributed by atoms with van der Waals surface area (Å²) >= 11 is -0.0304. The summed E-state index contributed by atoms with van der Waals surface area (Å²) in [5.41, 5.74) is 0. The van der Waals surface area contributed by atoms with Crippen molar-refractivity contribution in [1.82, 2.24) is 0 Å². The van der Waals surface area contributed by atoms with Crippen LogP contribution in [-0.4, -0.2) is 21.1 Å². The van der Waals surface area contributed by atoms with Crippen molar-refractivity contribution in [2.75, 3.05) is 0 Å². The van der Waals surface area contributed by atoms with Crippen LogP contribution in [0.15, 0.2) is 0 Å². The molecule has 0 heterocycles. The second-order valence-corrected chi connectivity index (χ2v) is 3.76. The van der Waals surface area contributed by atoms with E-state index in [9.17, 15) is 0 Å². The summed E-state index contributed by atoms with van der Waals surface area (Å²) in [6.07, 6.45) is 4.93. The Morgan fingerprint density at radius 3 is 2.60 bits per heavy atom. The van der Waals surface area contributed by atoms with Crippen molar-refractivity contribution in [2.24, 2.45) is 0 Å². The monoisotopic (exact) mass is 174 g/mol. The molecule has 0 atom stereocenters. The van der Waals surface area contributed by atoms with Crippen molar-refractivity contribution in [2.45, 2.75) is 9.38 Å². The van der Waals surface area contributed by atoms with Crippen molar-refractivity contribution < 1.29 is 0 Å². The van der Waals surface area contributed by atoms with E-state index >= 15 is 0 Å².